The summed E-state index contributed by atoms with van der Waals surface area (Å²) in [4.78, 5) is 33.9. The molecule has 0 saturated carbocycles. The van der Waals surface area contributed by atoms with E-state index in [9.17, 15) is 14.4 Å². The molecule has 0 aliphatic heterocycles. The predicted octanol–water partition coefficient (Wildman–Crippen LogP) is 1.28. The molecule has 20 heavy (non-hydrogen) atoms. The summed E-state index contributed by atoms with van der Waals surface area (Å²) >= 11 is 0. The Kier molecular flexibility index (Phi) is 5.71. The number of aliphatic carboxylic acids is 1. The number of carboxylic acid groups (broad SMARTS) is 1. The van der Waals surface area contributed by atoms with Gasteiger partial charge in [-0.15, -0.1) is 0 Å². The molecule has 0 saturated heterocycles. The van der Waals surface area contributed by atoms with Crippen molar-refractivity contribution in [3.63, 3.8) is 0 Å². The van der Waals surface area contributed by atoms with E-state index in [0.29, 0.717) is 5.56 Å². The topological polar surface area (TPSA) is 95.5 Å². The molecule has 6 nitrogen and oxygen atoms in total. The number of benzene rings is 1. The highest BCUT2D eigenvalue weighted by atomic mass is 16.4. The predicted molar refractivity (Wildman–Crippen MR) is 74.8 cm³/mol. The van der Waals surface area contributed by atoms with E-state index in [1.54, 1.807) is 31.3 Å². The largest absolute Gasteiger partial charge is 0.481 e. The summed E-state index contributed by atoms with van der Waals surface area (Å²) in [6, 6.07) is 5.98. The third-order valence-electron chi connectivity index (χ3n) is 2.88. The van der Waals surface area contributed by atoms with Crippen LogP contribution in [0.3, 0.4) is 0 Å². The number of anilines is 1. The number of Topliss-reactive ketones (excluding diaryl/α,β-unsaturated/α-hetero) is 1. The van der Waals surface area contributed by atoms with Crippen LogP contribution in [0.5, 0.6) is 0 Å². The smallest absolute Gasteiger partial charge is 0.303 e. The van der Waals surface area contributed by atoms with E-state index in [-0.39, 0.29) is 18.6 Å². The van der Waals surface area contributed by atoms with Gasteiger partial charge in [0.15, 0.2) is 5.78 Å². The number of nitrogens with one attached hydrogen (secondary N) is 2. The quantitative estimate of drug-likeness (QED) is 0.698. The van der Waals surface area contributed by atoms with E-state index in [4.69, 9.17) is 5.11 Å². The van der Waals surface area contributed by atoms with Crippen LogP contribution in [-0.2, 0) is 9.59 Å². The van der Waals surface area contributed by atoms with Crippen molar-refractivity contribution >= 4 is 23.3 Å². The van der Waals surface area contributed by atoms with Crippen LogP contribution in [-0.4, -0.2) is 35.9 Å². The summed E-state index contributed by atoms with van der Waals surface area (Å²) in [5, 5.41) is 14.1. The number of carbonyl (C=O) groups excluding carboxylic acids is 2. The second-order valence-electron chi connectivity index (χ2n) is 4.40. The normalized spacial score (nSPS) is 11.5. The first-order valence-corrected chi connectivity index (χ1v) is 6.25. The summed E-state index contributed by atoms with van der Waals surface area (Å²) in [5.74, 6) is -1.64. The fourth-order valence-electron chi connectivity index (χ4n) is 1.67. The van der Waals surface area contributed by atoms with Crippen molar-refractivity contribution in [1.82, 2.24) is 5.32 Å². The highest BCUT2D eigenvalue weighted by molar-refractivity contribution is 5.97. The number of hydrogen-bond acceptors (Lipinski definition) is 4. The van der Waals surface area contributed by atoms with Gasteiger partial charge in [0.1, 0.15) is 0 Å². The molecule has 0 aliphatic carbocycles. The second-order valence-corrected chi connectivity index (χ2v) is 4.40. The maximum Gasteiger partial charge on any atom is 0.303 e. The lowest BCUT2D eigenvalue weighted by molar-refractivity contribution is -0.137. The van der Waals surface area contributed by atoms with Crippen molar-refractivity contribution in [1.29, 1.82) is 0 Å². The molecule has 6 heteroatoms. The molecule has 1 amide bonds. The van der Waals surface area contributed by atoms with E-state index in [1.807, 2.05) is 0 Å². The van der Waals surface area contributed by atoms with E-state index in [2.05, 4.69) is 10.6 Å². The molecule has 1 aromatic rings. The molecule has 0 fully saturated rings. The van der Waals surface area contributed by atoms with Gasteiger partial charge in [-0.25, -0.2) is 0 Å². The zero-order valence-corrected chi connectivity index (χ0v) is 11.5. The average molecular weight is 278 g/mol. The minimum atomic E-state index is -0.996. The summed E-state index contributed by atoms with van der Waals surface area (Å²) in [6.07, 6.45) is -0.0752. The molecule has 0 bridgehead atoms. The zero-order chi connectivity index (χ0) is 15.1. The molecule has 1 aromatic carbocycles. The van der Waals surface area contributed by atoms with Crippen molar-refractivity contribution in [2.24, 2.45) is 0 Å². The molecule has 3 N–H and O–H groups in total. The van der Waals surface area contributed by atoms with Crippen LogP contribution in [0.1, 0.15) is 30.1 Å². The molecule has 1 rings (SSSR count). The van der Waals surface area contributed by atoms with Gasteiger partial charge in [0.05, 0.1) is 6.04 Å². The van der Waals surface area contributed by atoms with Crippen molar-refractivity contribution in [3.05, 3.63) is 29.8 Å². The molecule has 0 aliphatic rings. The minimum absolute atomic E-state index is 0.0883. The third kappa shape index (κ3) is 4.72. The Bertz CT molecular complexity index is 496. The number of rotatable bonds is 7. The minimum Gasteiger partial charge on any atom is -0.481 e. The summed E-state index contributed by atoms with van der Waals surface area (Å²) < 4.78 is 0. The van der Waals surface area contributed by atoms with Gasteiger partial charge >= 0.3 is 5.97 Å². The first kappa shape index (κ1) is 15.7. The van der Waals surface area contributed by atoms with Gasteiger partial charge in [-0.3, -0.25) is 14.4 Å². The van der Waals surface area contributed by atoms with Gasteiger partial charge in [-0.05, 0) is 37.6 Å². The zero-order valence-electron chi connectivity index (χ0n) is 11.5. The standard InChI is InChI=1S/C14H18N2O4/c1-9(17)12(7-8-13(18)19)16-14(20)10-3-5-11(15-2)6-4-10/h3-6,12,15H,7-8H2,1-2H3,(H,16,20)(H,18,19)/t12-/m0/s1. The van der Waals surface area contributed by atoms with Crippen molar-refractivity contribution in [3.8, 4) is 0 Å². The summed E-state index contributed by atoms with van der Waals surface area (Å²) in [5.41, 5.74) is 1.29. The van der Waals surface area contributed by atoms with Crippen LogP contribution in [0.25, 0.3) is 0 Å². The van der Waals surface area contributed by atoms with Gasteiger partial charge in [-0.1, -0.05) is 0 Å². The van der Waals surface area contributed by atoms with Gasteiger partial charge in [0.25, 0.3) is 5.91 Å². The van der Waals surface area contributed by atoms with Crippen LogP contribution >= 0.6 is 0 Å². The molecule has 0 aromatic heterocycles. The molecule has 1 atom stereocenters. The van der Waals surface area contributed by atoms with Gasteiger partial charge < -0.3 is 15.7 Å². The number of ketones is 1. The Morgan fingerprint density at radius 3 is 2.25 bits per heavy atom. The maximum atomic E-state index is 12.0. The molecular weight excluding hydrogens is 260 g/mol. The maximum absolute atomic E-state index is 12.0. The first-order chi connectivity index (χ1) is 9.43. The van der Waals surface area contributed by atoms with Gasteiger partial charge in [0, 0.05) is 24.7 Å². The Labute approximate surface area is 117 Å². The Morgan fingerprint density at radius 1 is 1.20 bits per heavy atom. The van der Waals surface area contributed by atoms with Crippen molar-refractivity contribution in [2.75, 3.05) is 12.4 Å². The monoisotopic (exact) mass is 278 g/mol. The van der Waals surface area contributed by atoms with Crippen molar-refractivity contribution < 1.29 is 19.5 Å². The lowest BCUT2D eigenvalue weighted by Crippen LogP contribution is -2.40. The van der Waals surface area contributed by atoms with Crippen LogP contribution in [0.2, 0.25) is 0 Å². The molecular formula is C14H18N2O4. The van der Waals surface area contributed by atoms with Crippen LogP contribution in [0.15, 0.2) is 24.3 Å². The Hall–Kier alpha value is -2.37. The van der Waals surface area contributed by atoms with Gasteiger partial charge in [0.2, 0.25) is 0 Å². The SMILES string of the molecule is CNc1ccc(C(=O)N[C@@H](CCC(=O)O)C(C)=O)cc1. The Morgan fingerprint density at radius 2 is 1.80 bits per heavy atom. The third-order valence-corrected chi connectivity index (χ3v) is 2.88. The lowest BCUT2D eigenvalue weighted by Gasteiger charge is -2.15. The Balaban J connectivity index is 2.69. The highest BCUT2D eigenvalue weighted by Crippen LogP contribution is 2.09. The fourth-order valence-corrected chi connectivity index (χ4v) is 1.67. The van der Waals surface area contributed by atoms with E-state index >= 15 is 0 Å². The lowest BCUT2D eigenvalue weighted by atomic mass is 10.1. The summed E-state index contributed by atoms with van der Waals surface area (Å²) in [7, 11) is 1.77. The number of carbonyl (C=O) groups is 3. The first-order valence-electron chi connectivity index (χ1n) is 6.25. The van der Waals surface area contributed by atoms with Crippen LogP contribution < -0.4 is 10.6 Å². The highest BCUT2D eigenvalue weighted by Gasteiger charge is 2.18. The molecule has 0 heterocycles. The van der Waals surface area contributed by atoms with E-state index < -0.39 is 17.9 Å². The fraction of sp³-hybridized carbons (Fsp3) is 0.357. The molecule has 108 valence electrons. The number of carboxylic acids is 1. The number of hydrogen-bond donors (Lipinski definition) is 3. The molecule has 0 unspecified atom stereocenters. The van der Waals surface area contributed by atoms with E-state index in [1.165, 1.54) is 6.92 Å². The van der Waals surface area contributed by atoms with E-state index in [0.717, 1.165) is 5.69 Å². The number of amides is 1. The molecule has 0 radical (unpaired) electrons. The average Bonchev–Trinajstić information content (AvgIpc) is 2.42. The summed E-state index contributed by atoms with van der Waals surface area (Å²) in [6.45, 7) is 1.33. The molecule has 0 spiro atoms. The second kappa shape index (κ2) is 7.28. The van der Waals surface area contributed by atoms with Crippen LogP contribution in [0.4, 0.5) is 5.69 Å². The van der Waals surface area contributed by atoms with Crippen LogP contribution in [0, 0.1) is 0 Å². The van der Waals surface area contributed by atoms with Crippen molar-refractivity contribution in [2.45, 2.75) is 25.8 Å². The van der Waals surface area contributed by atoms with Gasteiger partial charge in [-0.2, -0.15) is 0 Å².